The molecular weight excluding hydrogens is 493 g/mol. The quantitative estimate of drug-likeness (QED) is 0.282. The SMILES string of the molecule is CN=C(NCCN1CCCCC1)NCc1cccnc1N1CCC(C(N)=O)CC1.I. The molecule has 3 heterocycles. The van der Waals surface area contributed by atoms with Gasteiger partial charge in [-0.25, -0.2) is 4.98 Å². The van der Waals surface area contributed by atoms with Gasteiger partial charge in [0.25, 0.3) is 0 Å². The summed E-state index contributed by atoms with van der Waals surface area (Å²) >= 11 is 0. The summed E-state index contributed by atoms with van der Waals surface area (Å²) in [5.74, 6) is 1.59. The molecule has 30 heavy (non-hydrogen) atoms. The molecule has 0 aromatic carbocycles. The van der Waals surface area contributed by atoms with Crippen LogP contribution in [0.3, 0.4) is 0 Å². The monoisotopic (exact) mass is 529 g/mol. The lowest BCUT2D eigenvalue weighted by molar-refractivity contribution is -0.122. The van der Waals surface area contributed by atoms with Gasteiger partial charge in [-0.15, -0.1) is 24.0 Å². The Kier molecular flexibility index (Phi) is 10.6. The summed E-state index contributed by atoms with van der Waals surface area (Å²) in [6.07, 6.45) is 7.39. The molecule has 2 aliphatic heterocycles. The molecule has 0 aliphatic carbocycles. The number of nitrogens with zero attached hydrogens (tertiary/aromatic N) is 4. The fourth-order valence-electron chi connectivity index (χ4n) is 4.14. The standard InChI is InChI=1S/C21H35N7O.HI/c1-23-21(25-10-15-27-11-3-2-4-12-27)26-16-18-6-5-9-24-20(18)28-13-7-17(8-14-28)19(22)29;/h5-6,9,17H,2-4,7-8,10-16H2,1H3,(H2,22,29)(H2,23,25,26);1H. The molecule has 9 heteroatoms. The maximum Gasteiger partial charge on any atom is 0.220 e. The number of hydrogen-bond acceptors (Lipinski definition) is 5. The first kappa shape index (κ1) is 24.6. The van der Waals surface area contributed by atoms with E-state index in [0.29, 0.717) is 6.54 Å². The number of nitrogens with two attached hydrogens (primary N) is 1. The van der Waals surface area contributed by atoms with E-state index in [4.69, 9.17) is 5.73 Å². The number of pyridine rings is 1. The number of piperidine rings is 2. The zero-order valence-electron chi connectivity index (χ0n) is 18.0. The average molecular weight is 529 g/mol. The van der Waals surface area contributed by atoms with Crippen LogP contribution < -0.4 is 21.3 Å². The number of likely N-dealkylation sites (tertiary alicyclic amines) is 1. The number of guanidine groups is 1. The molecule has 0 bridgehead atoms. The van der Waals surface area contributed by atoms with Crippen LogP contribution in [0.1, 0.15) is 37.7 Å². The molecular formula is C21H36IN7O. The van der Waals surface area contributed by atoms with Crippen molar-refractivity contribution >= 4 is 41.7 Å². The first-order chi connectivity index (χ1) is 14.2. The van der Waals surface area contributed by atoms with E-state index >= 15 is 0 Å². The number of carbonyl (C=O) groups is 1. The van der Waals surface area contributed by atoms with Gasteiger partial charge in [0.2, 0.25) is 5.91 Å². The highest BCUT2D eigenvalue weighted by molar-refractivity contribution is 14.0. The van der Waals surface area contributed by atoms with Crippen molar-refractivity contribution < 1.29 is 4.79 Å². The third kappa shape index (κ3) is 7.26. The van der Waals surface area contributed by atoms with Crippen molar-refractivity contribution in [3.8, 4) is 0 Å². The van der Waals surface area contributed by atoms with E-state index in [0.717, 1.165) is 56.4 Å². The van der Waals surface area contributed by atoms with Crippen LogP contribution in [-0.4, -0.2) is 68.1 Å². The predicted molar refractivity (Wildman–Crippen MR) is 132 cm³/mol. The van der Waals surface area contributed by atoms with Gasteiger partial charge in [-0.3, -0.25) is 9.79 Å². The van der Waals surface area contributed by atoms with E-state index in [1.54, 1.807) is 7.05 Å². The van der Waals surface area contributed by atoms with Gasteiger partial charge in [0, 0.05) is 57.4 Å². The number of nitrogens with one attached hydrogen (secondary N) is 2. The summed E-state index contributed by atoms with van der Waals surface area (Å²) in [5, 5.41) is 6.83. The second kappa shape index (κ2) is 12.9. The Morgan fingerprint density at radius 2 is 1.93 bits per heavy atom. The molecule has 1 aromatic heterocycles. The van der Waals surface area contributed by atoms with Crippen molar-refractivity contribution in [1.29, 1.82) is 0 Å². The minimum Gasteiger partial charge on any atom is -0.369 e. The van der Waals surface area contributed by atoms with Crippen molar-refractivity contribution in [3.63, 3.8) is 0 Å². The van der Waals surface area contributed by atoms with Gasteiger partial charge in [0.05, 0.1) is 0 Å². The lowest BCUT2D eigenvalue weighted by Crippen LogP contribution is -2.43. The van der Waals surface area contributed by atoms with Crippen LogP contribution in [0, 0.1) is 5.92 Å². The highest BCUT2D eigenvalue weighted by atomic mass is 127. The molecule has 0 unspecified atom stereocenters. The number of anilines is 1. The first-order valence-electron chi connectivity index (χ1n) is 10.8. The molecule has 2 fully saturated rings. The largest absolute Gasteiger partial charge is 0.369 e. The van der Waals surface area contributed by atoms with Gasteiger partial charge in [-0.1, -0.05) is 12.5 Å². The van der Waals surface area contributed by atoms with Gasteiger partial charge in [0.1, 0.15) is 5.82 Å². The number of hydrogen-bond donors (Lipinski definition) is 3. The Morgan fingerprint density at radius 1 is 1.20 bits per heavy atom. The summed E-state index contributed by atoms with van der Waals surface area (Å²) < 4.78 is 0. The van der Waals surface area contributed by atoms with Gasteiger partial charge < -0.3 is 26.2 Å². The van der Waals surface area contributed by atoms with Gasteiger partial charge in [-0.2, -0.15) is 0 Å². The molecule has 3 rings (SSSR count). The normalized spacial score (nSPS) is 18.6. The zero-order chi connectivity index (χ0) is 20.5. The molecule has 2 saturated heterocycles. The van der Waals surface area contributed by atoms with E-state index in [9.17, 15) is 4.79 Å². The van der Waals surface area contributed by atoms with Crippen molar-refractivity contribution in [3.05, 3.63) is 23.9 Å². The van der Waals surface area contributed by atoms with E-state index in [2.05, 4.69) is 36.5 Å². The Morgan fingerprint density at radius 3 is 2.60 bits per heavy atom. The highest BCUT2D eigenvalue weighted by Gasteiger charge is 2.25. The van der Waals surface area contributed by atoms with Gasteiger partial charge in [0.15, 0.2) is 5.96 Å². The average Bonchev–Trinajstić information content (AvgIpc) is 2.77. The number of aliphatic imine (C=N–C) groups is 1. The topological polar surface area (TPSA) is 98.9 Å². The van der Waals surface area contributed by atoms with E-state index in [1.165, 1.54) is 32.4 Å². The lowest BCUT2D eigenvalue weighted by atomic mass is 9.96. The Hall–Kier alpha value is -1.62. The molecule has 2 aliphatic rings. The first-order valence-corrected chi connectivity index (χ1v) is 10.8. The molecule has 1 amide bonds. The van der Waals surface area contributed by atoms with Crippen LogP contribution in [0.15, 0.2) is 23.3 Å². The second-order valence-corrected chi connectivity index (χ2v) is 7.90. The second-order valence-electron chi connectivity index (χ2n) is 7.90. The van der Waals surface area contributed by atoms with Crippen LogP contribution in [0.5, 0.6) is 0 Å². The van der Waals surface area contributed by atoms with Crippen molar-refractivity contribution in [2.24, 2.45) is 16.6 Å². The molecule has 8 nitrogen and oxygen atoms in total. The molecule has 0 atom stereocenters. The Labute approximate surface area is 197 Å². The third-order valence-electron chi connectivity index (χ3n) is 5.90. The van der Waals surface area contributed by atoms with Crippen molar-refractivity contribution in [1.82, 2.24) is 20.5 Å². The molecule has 4 N–H and O–H groups in total. The Balaban J connectivity index is 0.00000320. The van der Waals surface area contributed by atoms with E-state index in [1.807, 2.05) is 12.3 Å². The van der Waals surface area contributed by atoms with Crippen molar-refractivity contribution in [2.45, 2.75) is 38.6 Å². The minimum atomic E-state index is -0.188. The predicted octanol–water partition coefficient (Wildman–Crippen LogP) is 1.55. The molecule has 0 radical (unpaired) electrons. The van der Waals surface area contributed by atoms with Crippen LogP contribution >= 0.6 is 24.0 Å². The number of carbonyl (C=O) groups excluding carboxylic acids is 1. The zero-order valence-corrected chi connectivity index (χ0v) is 20.3. The summed E-state index contributed by atoms with van der Waals surface area (Å²) in [7, 11) is 1.80. The Bertz CT molecular complexity index is 686. The minimum absolute atomic E-state index is 0. The number of aromatic nitrogens is 1. The molecule has 0 spiro atoms. The molecule has 168 valence electrons. The number of halogens is 1. The maximum atomic E-state index is 11.4. The summed E-state index contributed by atoms with van der Waals surface area (Å²) in [6, 6.07) is 4.06. The molecule has 1 aromatic rings. The smallest absolute Gasteiger partial charge is 0.220 e. The number of amides is 1. The summed E-state index contributed by atoms with van der Waals surface area (Å²) in [6.45, 7) is 6.62. The van der Waals surface area contributed by atoms with Gasteiger partial charge >= 0.3 is 0 Å². The van der Waals surface area contributed by atoms with Gasteiger partial charge in [-0.05, 0) is 44.8 Å². The van der Waals surface area contributed by atoms with Crippen LogP contribution in [0.4, 0.5) is 5.82 Å². The maximum absolute atomic E-state index is 11.4. The lowest BCUT2D eigenvalue weighted by Gasteiger charge is -2.32. The highest BCUT2D eigenvalue weighted by Crippen LogP contribution is 2.24. The van der Waals surface area contributed by atoms with Crippen molar-refractivity contribution in [2.75, 3.05) is 51.2 Å². The van der Waals surface area contributed by atoms with Crippen LogP contribution in [0.25, 0.3) is 0 Å². The molecule has 0 saturated carbocycles. The fraction of sp³-hybridized carbons (Fsp3) is 0.667. The van der Waals surface area contributed by atoms with E-state index < -0.39 is 0 Å². The summed E-state index contributed by atoms with van der Waals surface area (Å²) in [4.78, 5) is 25.1. The van der Waals surface area contributed by atoms with Crippen LogP contribution in [0.2, 0.25) is 0 Å². The number of rotatable bonds is 7. The summed E-state index contributed by atoms with van der Waals surface area (Å²) in [5.41, 5.74) is 6.59. The van der Waals surface area contributed by atoms with E-state index in [-0.39, 0.29) is 35.8 Å². The fourth-order valence-corrected chi connectivity index (χ4v) is 4.14. The van der Waals surface area contributed by atoms with Crippen LogP contribution in [-0.2, 0) is 11.3 Å². The third-order valence-corrected chi connectivity index (χ3v) is 5.90. The number of primary amides is 1.